The van der Waals surface area contributed by atoms with E-state index in [-0.39, 0.29) is 6.61 Å². The van der Waals surface area contributed by atoms with Gasteiger partial charge in [-0.3, -0.25) is 4.18 Å². The molecule has 0 spiro atoms. The van der Waals surface area contributed by atoms with Crippen molar-refractivity contribution in [2.75, 3.05) is 40.6 Å². The van der Waals surface area contributed by atoms with Gasteiger partial charge in [-0.05, 0) is 0 Å². The molecule has 0 saturated heterocycles. The van der Waals surface area contributed by atoms with E-state index in [4.69, 9.17) is 0 Å². The monoisotopic (exact) mass is 182 g/mol. The van der Waals surface area contributed by atoms with Crippen LogP contribution >= 0.6 is 0 Å². The third kappa shape index (κ3) is 9.87. The summed E-state index contributed by atoms with van der Waals surface area (Å²) in [4.78, 5) is 0. The van der Waals surface area contributed by atoms with Gasteiger partial charge in [0.1, 0.15) is 13.2 Å². The Hall–Kier alpha value is -0.130. The summed E-state index contributed by atoms with van der Waals surface area (Å²) in [7, 11) is 2.68. The van der Waals surface area contributed by atoms with Gasteiger partial charge in [0, 0.05) is 0 Å². The molecule has 68 valence electrons. The highest BCUT2D eigenvalue weighted by molar-refractivity contribution is 7.85. The van der Waals surface area contributed by atoms with Gasteiger partial charge in [-0.15, -0.1) is 0 Å². The smallest absolute Gasteiger partial charge is 0.264 e. The minimum atomic E-state index is -3.26. The molecule has 0 amide bonds. The summed E-state index contributed by atoms with van der Waals surface area (Å²) in [5, 5.41) is 0. The molecule has 5 heteroatoms. The number of nitrogens with zero attached hydrogens (tertiary/aromatic N) is 1. The quantitative estimate of drug-likeness (QED) is 0.441. The Kier molecular flexibility index (Phi) is 3.47. The van der Waals surface area contributed by atoms with Gasteiger partial charge in [0.2, 0.25) is 0 Å². The van der Waals surface area contributed by atoms with Gasteiger partial charge < -0.3 is 4.48 Å². The Balaban J connectivity index is 3.61. The first-order valence-corrected chi connectivity index (χ1v) is 5.17. The first-order valence-electron chi connectivity index (χ1n) is 3.35. The molecule has 0 aliphatic rings. The highest BCUT2D eigenvalue weighted by Crippen LogP contribution is 1.92. The molecule has 0 aliphatic heterocycles. The van der Waals surface area contributed by atoms with Crippen LogP contribution < -0.4 is 0 Å². The average Bonchev–Trinajstić information content (AvgIpc) is 1.55. The van der Waals surface area contributed by atoms with Crippen LogP contribution in [0.25, 0.3) is 0 Å². The van der Waals surface area contributed by atoms with E-state index < -0.39 is 10.1 Å². The van der Waals surface area contributed by atoms with E-state index in [0.29, 0.717) is 11.0 Å². The number of rotatable bonds is 4. The highest BCUT2D eigenvalue weighted by atomic mass is 32.2. The van der Waals surface area contributed by atoms with Crippen LogP contribution in [0.3, 0.4) is 0 Å². The maximum atomic E-state index is 10.5. The Morgan fingerprint density at radius 2 is 1.73 bits per heavy atom. The van der Waals surface area contributed by atoms with E-state index in [1.54, 1.807) is 0 Å². The standard InChI is InChI=1S/C6H16NO3S/c1-7(2,3)5-6-10-11(4,8)9/h5-6H2,1-4H3/q+1. The van der Waals surface area contributed by atoms with Crippen LogP contribution in [0.5, 0.6) is 0 Å². The van der Waals surface area contributed by atoms with E-state index in [0.717, 1.165) is 6.26 Å². The van der Waals surface area contributed by atoms with Crippen molar-refractivity contribution in [1.29, 1.82) is 0 Å². The zero-order valence-corrected chi connectivity index (χ0v) is 8.31. The summed E-state index contributed by atoms with van der Waals surface area (Å²) >= 11 is 0. The Bertz CT molecular complexity index is 202. The van der Waals surface area contributed by atoms with Crippen molar-refractivity contribution < 1.29 is 17.1 Å². The molecule has 11 heavy (non-hydrogen) atoms. The van der Waals surface area contributed by atoms with E-state index in [1.807, 2.05) is 21.1 Å². The summed E-state index contributed by atoms with van der Waals surface area (Å²) in [6, 6.07) is 0. The van der Waals surface area contributed by atoms with Crippen LogP contribution in [0.2, 0.25) is 0 Å². The fraction of sp³-hybridized carbons (Fsp3) is 1.00. The predicted molar refractivity (Wildman–Crippen MR) is 43.7 cm³/mol. The molecule has 0 bridgehead atoms. The summed E-state index contributed by atoms with van der Waals surface area (Å²) in [5.74, 6) is 0. The van der Waals surface area contributed by atoms with E-state index >= 15 is 0 Å². The maximum Gasteiger partial charge on any atom is 0.264 e. The molecule has 0 aliphatic carbocycles. The largest absolute Gasteiger partial charge is 0.329 e. The molecule has 0 N–H and O–H groups in total. The van der Waals surface area contributed by atoms with Crippen LogP contribution in [0.15, 0.2) is 0 Å². The number of likely N-dealkylation sites (N-methyl/N-ethyl adjacent to an activating group) is 1. The van der Waals surface area contributed by atoms with Gasteiger partial charge in [0.25, 0.3) is 10.1 Å². The fourth-order valence-electron chi connectivity index (χ4n) is 0.463. The summed E-state index contributed by atoms with van der Waals surface area (Å²) in [6.07, 6.45) is 1.06. The summed E-state index contributed by atoms with van der Waals surface area (Å²) < 4.78 is 26.2. The fourth-order valence-corrected chi connectivity index (χ4v) is 0.840. The lowest BCUT2D eigenvalue weighted by Crippen LogP contribution is -2.37. The first-order chi connectivity index (χ1) is 4.71. The minimum Gasteiger partial charge on any atom is -0.329 e. The molecule has 0 atom stereocenters. The van der Waals surface area contributed by atoms with Gasteiger partial charge in [-0.2, -0.15) is 8.42 Å². The van der Waals surface area contributed by atoms with Crippen molar-refractivity contribution in [3.63, 3.8) is 0 Å². The average molecular weight is 182 g/mol. The first kappa shape index (κ1) is 10.9. The summed E-state index contributed by atoms with van der Waals surface area (Å²) in [6.45, 7) is 0.940. The highest BCUT2D eigenvalue weighted by Gasteiger charge is 2.08. The van der Waals surface area contributed by atoms with Gasteiger partial charge in [0.15, 0.2) is 0 Å². The zero-order chi connectivity index (χ0) is 9.12. The van der Waals surface area contributed by atoms with Gasteiger partial charge in [-0.1, -0.05) is 0 Å². The van der Waals surface area contributed by atoms with Crippen molar-refractivity contribution in [2.45, 2.75) is 0 Å². The van der Waals surface area contributed by atoms with Crippen molar-refractivity contribution >= 4 is 10.1 Å². The molecule has 0 radical (unpaired) electrons. The second kappa shape index (κ2) is 3.51. The van der Waals surface area contributed by atoms with Crippen molar-refractivity contribution in [2.24, 2.45) is 0 Å². The van der Waals surface area contributed by atoms with Crippen molar-refractivity contribution in [3.05, 3.63) is 0 Å². The molecule has 0 aromatic rings. The molecule has 0 fully saturated rings. The van der Waals surface area contributed by atoms with E-state index in [2.05, 4.69) is 4.18 Å². The molecular formula is C6H16NO3S+. The lowest BCUT2D eigenvalue weighted by molar-refractivity contribution is -0.870. The van der Waals surface area contributed by atoms with Crippen LogP contribution in [0.4, 0.5) is 0 Å². The van der Waals surface area contributed by atoms with Gasteiger partial charge >= 0.3 is 0 Å². The number of hydrogen-bond donors (Lipinski definition) is 0. The molecule has 0 rings (SSSR count). The predicted octanol–water partition coefficient (Wildman–Crippen LogP) is -0.331. The Morgan fingerprint density at radius 3 is 2.00 bits per heavy atom. The molecule has 0 heterocycles. The molecule has 0 aromatic heterocycles. The lowest BCUT2D eigenvalue weighted by Gasteiger charge is -2.22. The third-order valence-electron chi connectivity index (χ3n) is 1.06. The van der Waals surface area contributed by atoms with Gasteiger partial charge in [0.05, 0.1) is 27.4 Å². The van der Waals surface area contributed by atoms with Crippen LogP contribution in [-0.4, -0.2) is 53.5 Å². The maximum absolute atomic E-state index is 10.5. The molecule has 0 aromatic carbocycles. The van der Waals surface area contributed by atoms with Crippen LogP contribution in [0, 0.1) is 0 Å². The number of hydrogen-bond acceptors (Lipinski definition) is 3. The van der Waals surface area contributed by atoms with Crippen LogP contribution in [0.1, 0.15) is 0 Å². The van der Waals surface area contributed by atoms with Crippen molar-refractivity contribution in [1.82, 2.24) is 0 Å². The zero-order valence-electron chi connectivity index (χ0n) is 7.49. The molecule has 0 unspecified atom stereocenters. The second-order valence-corrected chi connectivity index (χ2v) is 5.18. The Labute approximate surface area is 68.5 Å². The molecule has 4 nitrogen and oxygen atoms in total. The number of quaternary nitrogens is 1. The second-order valence-electron chi connectivity index (χ2n) is 3.54. The molecule has 0 saturated carbocycles. The van der Waals surface area contributed by atoms with E-state index in [9.17, 15) is 8.42 Å². The van der Waals surface area contributed by atoms with Crippen LogP contribution in [-0.2, 0) is 14.3 Å². The third-order valence-corrected chi connectivity index (χ3v) is 1.65. The summed E-state index contributed by atoms with van der Waals surface area (Å²) in [5.41, 5.74) is 0. The van der Waals surface area contributed by atoms with Gasteiger partial charge in [-0.25, -0.2) is 0 Å². The Morgan fingerprint density at radius 1 is 1.27 bits per heavy atom. The normalized spacial score (nSPS) is 13.5. The SMILES string of the molecule is C[N+](C)(C)CCOS(C)(=O)=O. The van der Waals surface area contributed by atoms with Crippen molar-refractivity contribution in [3.8, 4) is 0 Å². The lowest BCUT2D eigenvalue weighted by atomic mass is 10.5. The topological polar surface area (TPSA) is 43.4 Å². The minimum absolute atomic E-state index is 0.252. The molecular weight excluding hydrogens is 166 g/mol. The van der Waals surface area contributed by atoms with E-state index in [1.165, 1.54) is 0 Å².